The van der Waals surface area contributed by atoms with Gasteiger partial charge in [-0.1, -0.05) is 52.7 Å². The van der Waals surface area contributed by atoms with Crippen LogP contribution in [-0.4, -0.2) is 22.4 Å². The summed E-state index contributed by atoms with van der Waals surface area (Å²) in [5, 5.41) is 7.77. The summed E-state index contributed by atoms with van der Waals surface area (Å²) >= 11 is 13.8. The highest BCUT2D eigenvalue weighted by Gasteiger charge is 2.55. The normalized spacial score (nSPS) is 20.0. The highest BCUT2D eigenvalue weighted by atomic mass is 35.5. The van der Waals surface area contributed by atoms with Crippen molar-refractivity contribution in [1.82, 2.24) is 0 Å². The maximum absolute atomic E-state index is 13.1. The summed E-state index contributed by atoms with van der Waals surface area (Å²) in [5.41, 5.74) is 3.92. The molecular formula is C25H21Cl2N3O2S. The molecule has 1 atom stereocenters. The molecule has 0 aromatic heterocycles. The number of ether oxygens (including phenoxy) is 1. The molecule has 3 aromatic rings. The van der Waals surface area contributed by atoms with E-state index in [0.29, 0.717) is 33.7 Å². The predicted octanol–water partition coefficient (Wildman–Crippen LogP) is 7.11. The van der Waals surface area contributed by atoms with Crippen molar-refractivity contribution in [3.8, 4) is 11.5 Å². The molecule has 3 aromatic carbocycles. The molecule has 2 aliphatic heterocycles. The summed E-state index contributed by atoms with van der Waals surface area (Å²) in [6.07, 6.45) is 0.663. The SMILES string of the molecule is CC1=NN(c2ccc(C)cc2)[C@@]2(C1)SCC(=O)N2c1ccc(Oc2ccc(Cl)cc2Cl)cc1. The first kappa shape index (κ1) is 22.1. The standard InChI is InChI=1S/C25H21Cl2N3O2S/c1-16-3-6-20(7-4-16)30-25(14-17(2)28-30)29(24(31)15-33-25)19-8-10-21(11-9-19)32-23-12-5-18(26)13-22(23)27/h3-13H,14-15H2,1-2H3/t25-/m0/s1. The van der Waals surface area contributed by atoms with E-state index in [1.165, 1.54) is 5.56 Å². The fraction of sp³-hybridized carbons (Fsp3) is 0.200. The van der Waals surface area contributed by atoms with Crippen molar-refractivity contribution < 1.29 is 9.53 Å². The van der Waals surface area contributed by atoms with E-state index in [4.69, 9.17) is 33.0 Å². The molecule has 0 aliphatic carbocycles. The maximum atomic E-state index is 13.1. The Balaban J connectivity index is 1.46. The molecule has 1 spiro atoms. The van der Waals surface area contributed by atoms with Crippen LogP contribution in [0.3, 0.4) is 0 Å². The quantitative estimate of drug-likeness (QED) is 0.385. The van der Waals surface area contributed by atoms with Crippen LogP contribution < -0.4 is 14.6 Å². The lowest BCUT2D eigenvalue weighted by Crippen LogP contribution is -2.53. The number of thioether (sulfide) groups is 1. The second-order valence-corrected chi connectivity index (χ2v) is 10.2. The van der Waals surface area contributed by atoms with Gasteiger partial charge >= 0.3 is 0 Å². The van der Waals surface area contributed by atoms with Crippen LogP contribution in [0.5, 0.6) is 11.5 Å². The topological polar surface area (TPSA) is 45.1 Å². The Labute approximate surface area is 206 Å². The number of carbonyl (C=O) groups excluding carboxylic acids is 1. The van der Waals surface area contributed by atoms with Crippen LogP contribution >= 0.6 is 35.0 Å². The minimum Gasteiger partial charge on any atom is -0.456 e. The van der Waals surface area contributed by atoms with Crippen molar-refractivity contribution in [1.29, 1.82) is 0 Å². The summed E-state index contributed by atoms with van der Waals surface area (Å²) in [6.45, 7) is 4.06. The zero-order valence-electron chi connectivity index (χ0n) is 18.1. The number of benzene rings is 3. The fourth-order valence-electron chi connectivity index (χ4n) is 4.12. The van der Waals surface area contributed by atoms with Gasteiger partial charge in [0.15, 0.2) is 4.99 Å². The molecule has 0 radical (unpaired) electrons. The molecule has 2 aliphatic rings. The Kier molecular flexibility index (Phi) is 5.77. The molecule has 0 unspecified atom stereocenters. The molecular weight excluding hydrogens is 477 g/mol. The number of amides is 1. The Morgan fingerprint density at radius 2 is 1.67 bits per heavy atom. The van der Waals surface area contributed by atoms with Crippen LogP contribution in [0.25, 0.3) is 0 Å². The van der Waals surface area contributed by atoms with Gasteiger partial charge in [0.2, 0.25) is 5.91 Å². The van der Waals surface area contributed by atoms with E-state index >= 15 is 0 Å². The molecule has 0 bridgehead atoms. The number of hydrogen-bond acceptors (Lipinski definition) is 5. The predicted molar refractivity (Wildman–Crippen MR) is 137 cm³/mol. The van der Waals surface area contributed by atoms with Crippen molar-refractivity contribution in [2.24, 2.45) is 5.10 Å². The van der Waals surface area contributed by atoms with E-state index in [1.54, 1.807) is 30.0 Å². The van der Waals surface area contributed by atoms with E-state index in [2.05, 4.69) is 19.1 Å². The summed E-state index contributed by atoms with van der Waals surface area (Å²) in [4.78, 5) is 14.3. The van der Waals surface area contributed by atoms with Gasteiger partial charge in [0, 0.05) is 22.8 Å². The fourth-order valence-corrected chi connectivity index (χ4v) is 5.97. The summed E-state index contributed by atoms with van der Waals surface area (Å²) in [6, 6.07) is 20.8. The van der Waals surface area contributed by atoms with Crippen LogP contribution in [0, 0.1) is 6.92 Å². The third-order valence-electron chi connectivity index (χ3n) is 5.61. The molecule has 8 heteroatoms. The molecule has 2 heterocycles. The molecule has 5 rings (SSSR count). The molecule has 33 heavy (non-hydrogen) atoms. The molecule has 1 fully saturated rings. The Morgan fingerprint density at radius 3 is 2.36 bits per heavy atom. The van der Waals surface area contributed by atoms with Crippen molar-refractivity contribution in [3.05, 3.63) is 82.3 Å². The molecule has 1 saturated heterocycles. The van der Waals surface area contributed by atoms with Gasteiger partial charge in [-0.3, -0.25) is 9.69 Å². The highest BCUT2D eigenvalue weighted by Crippen LogP contribution is 2.50. The molecule has 168 valence electrons. The van der Waals surface area contributed by atoms with Gasteiger partial charge in [-0.05, 0) is 68.4 Å². The van der Waals surface area contributed by atoms with E-state index < -0.39 is 4.99 Å². The Hall–Kier alpha value is -2.67. The number of carbonyl (C=O) groups is 1. The van der Waals surface area contributed by atoms with Crippen LogP contribution in [0.4, 0.5) is 11.4 Å². The van der Waals surface area contributed by atoms with Crippen LogP contribution in [0.2, 0.25) is 10.0 Å². The number of nitrogens with zero attached hydrogens (tertiary/aromatic N) is 3. The molecule has 1 amide bonds. The van der Waals surface area contributed by atoms with Crippen molar-refractivity contribution in [2.45, 2.75) is 25.3 Å². The second kappa shape index (κ2) is 8.60. The van der Waals surface area contributed by atoms with Crippen molar-refractivity contribution in [2.75, 3.05) is 15.7 Å². The summed E-state index contributed by atoms with van der Waals surface area (Å²) in [7, 11) is 0. The number of rotatable bonds is 4. The number of hydrogen-bond donors (Lipinski definition) is 0. The van der Waals surface area contributed by atoms with Crippen LogP contribution in [0.15, 0.2) is 71.8 Å². The lowest BCUT2D eigenvalue weighted by Gasteiger charge is -2.40. The van der Waals surface area contributed by atoms with Gasteiger partial charge in [-0.15, -0.1) is 0 Å². The van der Waals surface area contributed by atoms with Crippen LogP contribution in [0.1, 0.15) is 18.9 Å². The van der Waals surface area contributed by atoms with Crippen LogP contribution in [-0.2, 0) is 4.79 Å². The van der Waals surface area contributed by atoms with Gasteiger partial charge in [-0.2, -0.15) is 5.10 Å². The molecule has 5 nitrogen and oxygen atoms in total. The Morgan fingerprint density at radius 1 is 0.970 bits per heavy atom. The van der Waals surface area contributed by atoms with Gasteiger partial charge in [0.05, 0.1) is 16.5 Å². The average Bonchev–Trinajstić information content (AvgIpc) is 3.30. The third-order valence-corrected chi connectivity index (χ3v) is 7.49. The van der Waals surface area contributed by atoms with Gasteiger partial charge in [0.1, 0.15) is 11.5 Å². The second-order valence-electron chi connectivity index (χ2n) is 8.09. The first-order chi connectivity index (χ1) is 15.9. The minimum atomic E-state index is -0.627. The monoisotopic (exact) mass is 497 g/mol. The first-order valence-corrected chi connectivity index (χ1v) is 12.2. The Bertz CT molecular complexity index is 1250. The van der Waals surface area contributed by atoms with E-state index in [9.17, 15) is 4.79 Å². The lowest BCUT2D eigenvalue weighted by molar-refractivity contribution is -0.116. The summed E-state index contributed by atoms with van der Waals surface area (Å²) < 4.78 is 5.91. The van der Waals surface area contributed by atoms with Gasteiger partial charge in [0.25, 0.3) is 0 Å². The van der Waals surface area contributed by atoms with Gasteiger partial charge < -0.3 is 4.74 Å². The minimum absolute atomic E-state index is 0.0522. The largest absolute Gasteiger partial charge is 0.456 e. The average molecular weight is 498 g/mol. The van der Waals surface area contributed by atoms with Gasteiger partial charge in [-0.25, -0.2) is 5.01 Å². The molecule has 0 saturated carbocycles. The zero-order valence-corrected chi connectivity index (χ0v) is 20.4. The maximum Gasteiger partial charge on any atom is 0.239 e. The smallest absolute Gasteiger partial charge is 0.239 e. The zero-order chi connectivity index (χ0) is 23.2. The lowest BCUT2D eigenvalue weighted by atomic mass is 10.1. The number of halogens is 2. The highest BCUT2D eigenvalue weighted by molar-refractivity contribution is 8.02. The summed E-state index contributed by atoms with van der Waals surface area (Å²) in [5.74, 6) is 1.58. The van der Waals surface area contributed by atoms with E-state index in [0.717, 1.165) is 17.1 Å². The molecule has 0 N–H and O–H groups in total. The van der Waals surface area contributed by atoms with E-state index in [1.807, 2.05) is 53.2 Å². The van der Waals surface area contributed by atoms with Crippen molar-refractivity contribution >= 4 is 58.0 Å². The number of aryl methyl sites for hydroxylation is 1. The number of hydrazone groups is 1. The van der Waals surface area contributed by atoms with Crippen molar-refractivity contribution in [3.63, 3.8) is 0 Å². The first-order valence-electron chi connectivity index (χ1n) is 10.5. The third kappa shape index (κ3) is 4.07. The van der Waals surface area contributed by atoms with E-state index in [-0.39, 0.29) is 5.91 Å². The number of anilines is 2.